The van der Waals surface area contributed by atoms with Crippen LogP contribution < -0.4 is 10.2 Å². The molecule has 0 radical (unpaired) electrons. The quantitative estimate of drug-likeness (QED) is 0.0357. The molecular formula is C61H125N2O6P. The summed E-state index contributed by atoms with van der Waals surface area (Å²) in [5.41, 5.74) is 0. The van der Waals surface area contributed by atoms with Crippen molar-refractivity contribution >= 4 is 13.7 Å². The zero-order valence-corrected chi connectivity index (χ0v) is 48.9. The fourth-order valence-electron chi connectivity index (χ4n) is 9.93. The Morgan fingerprint density at radius 1 is 0.443 bits per heavy atom. The van der Waals surface area contributed by atoms with Crippen LogP contribution in [0.1, 0.15) is 335 Å². The van der Waals surface area contributed by atoms with Crippen molar-refractivity contribution in [2.24, 2.45) is 0 Å². The van der Waals surface area contributed by atoms with E-state index in [9.17, 15) is 19.4 Å². The van der Waals surface area contributed by atoms with Crippen molar-refractivity contribution in [3.8, 4) is 0 Å². The minimum atomic E-state index is -4.57. The number of phosphoric acid groups is 1. The summed E-state index contributed by atoms with van der Waals surface area (Å²) in [5.74, 6) is -0.155. The third kappa shape index (κ3) is 55.3. The maximum Gasteiger partial charge on any atom is 0.268 e. The number of amides is 1. The molecule has 0 spiro atoms. The van der Waals surface area contributed by atoms with Gasteiger partial charge in [-0.05, 0) is 12.8 Å². The molecule has 0 aromatic carbocycles. The molecule has 3 unspecified atom stereocenters. The number of aliphatic hydroxyl groups is 1. The number of hydrogen-bond donors (Lipinski definition) is 2. The molecule has 70 heavy (non-hydrogen) atoms. The van der Waals surface area contributed by atoms with Crippen molar-refractivity contribution in [3.05, 3.63) is 0 Å². The Hall–Kier alpha value is -0.500. The Bertz CT molecular complexity index is 1100. The van der Waals surface area contributed by atoms with Gasteiger partial charge in [0.05, 0.1) is 39.9 Å². The molecular weight excluding hydrogens is 888 g/mol. The van der Waals surface area contributed by atoms with E-state index in [-0.39, 0.29) is 19.1 Å². The number of carbonyl (C=O) groups excluding carboxylic acids is 1. The van der Waals surface area contributed by atoms with Crippen molar-refractivity contribution in [2.45, 2.75) is 347 Å². The first-order valence-corrected chi connectivity index (χ1v) is 32.8. The van der Waals surface area contributed by atoms with Gasteiger partial charge in [0, 0.05) is 6.42 Å². The standard InChI is InChI=1S/C61H125N2O6P/c1-6-8-10-12-14-16-18-20-22-24-26-28-29-30-31-32-33-34-35-36-38-40-42-44-46-48-50-52-54-60(64)59(58-69-70(66,67)68-57-56-63(3,4)5)62-61(65)55-53-51-49-47-45-43-41-39-37-27-25-23-21-19-17-15-13-11-9-7-2/h59-60,64H,6-58H2,1-5H3,(H-,62,65,66,67). The van der Waals surface area contributed by atoms with Gasteiger partial charge in [0.15, 0.2) is 0 Å². The lowest BCUT2D eigenvalue weighted by Crippen LogP contribution is -2.46. The third-order valence-corrected chi connectivity index (χ3v) is 15.8. The highest BCUT2D eigenvalue weighted by molar-refractivity contribution is 7.45. The van der Waals surface area contributed by atoms with E-state index in [4.69, 9.17) is 9.05 Å². The van der Waals surface area contributed by atoms with Gasteiger partial charge in [-0.2, -0.15) is 0 Å². The Balaban J connectivity index is 4.05. The summed E-state index contributed by atoms with van der Waals surface area (Å²) in [6, 6.07) is -0.796. The van der Waals surface area contributed by atoms with Gasteiger partial charge in [0.25, 0.3) is 7.82 Å². The molecule has 0 aliphatic rings. The summed E-state index contributed by atoms with van der Waals surface area (Å²) in [6.07, 6.45) is 64.4. The second-order valence-electron chi connectivity index (χ2n) is 23.1. The van der Waals surface area contributed by atoms with Crippen molar-refractivity contribution in [2.75, 3.05) is 40.9 Å². The van der Waals surface area contributed by atoms with Crippen LogP contribution in [0.25, 0.3) is 0 Å². The summed E-state index contributed by atoms with van der Waals surface area (Å²) in [6.45, 7) is 4.79. The Labute approximate surface area is 438 Å². The average Bonchev–Trinajstić information content (AvgIpc) is 3.32. The summed E-state index contributed by atoms with van der Waals surface area (Å²) < 4.78 is 23.5. The topological polar surface area (TPSA) is 108 Å². The van der Waals surface area contributed by atoms with Crippen LogP contribution >= 0.6 is 7.82 Å². The molecule has 0 aromatic rings. The van der Waals surface area contributed by atoms with Crippen molar-refractivity contribution in [3.63, 3.8) is 0 Å². The zero-order valence-electron chi connectivity index (χ0n) is 48.0. The van der Waals surface area contributed by atoms with Gasteiger partial charge in [-0.15, -0.1) is 0 Å². The number of hydrogen-bond acceptors (Lipinski definition) is 6. The monoisotopic (exact) mass is 1010 g/mol. The largest absolute Gasteiger partial charge is 0.756 e. The van der Waals surface area contributed by atoms with Crippen molar-refractivity contribution in [1.29, 1.82) is 0 Å². The highest BCUT2D eigenvalue weighted by Crippen LogP contribution is 2.38. The summed E-state index contributed by atoms with van der Waals surface area (Å²) >= 11 is 0. The van der Waals surface area contributed by atoms with Crippen molar-refractivity contribution in [1.82, 2.24) is 5.32 Å². The second kappa shape index (κ2) is 53.3. The number of nitrogens with one attached hydrogen (secondary N) is 1. The van der Waals surface area contributed by atoms with Crippen LogP contribution in [0.5, 0.6) is 0 Å². The minimum absolute atomic E-state index is 0.0168. The SMILES string of the molecule is CCCCCCCCCCCCCCCCCCCCCCCCCCCCCCC(O)C(COP(=O)([O-])OCC[N+](C)(C)C)NC(=O)CCCCCCCCCCCCCCCCCCCCCC. The lowest BCUT2D eigenvalue weighted by atomic mass is 10.0. The fourth-order valence-corrected chi connectivity index (χ4v) is 10.7. The van der Waals surface area contributed by atoms with Crippen molar-refractivity contribution < 1.29 is 32.9 Å². The lowest BCUT2D eigenvalue weighted by Gasteiger charge is -2.30. The van der Waals surface area contributed by atoms with Gasteiger partial charge in [0.2, 0.25) is 5.91 Å². The van der Waals surface area contributed by atoms with Crippen LogP contribution in [-0.4, -0.2) is 68.5 Å². The van der Waals surface area contributed by atoms with Crippen LogP contribution in [0, 0.1) is 0 Å². The van der Waals surface area contributed by atoms with E-state index >= 15 is 0 Å². The van der Waals surface area contributed by atoms with E-state index in [0.29, 0.717) is 23.9 Å². The number of unbranched alkanes of at least 4 members (excludes halogenated alkanes) is 46. The number of nitrogens with zero attached hydrogens (tertiary/aromatic N) is 1. The molecule has 0 aliphatic carbocycles. The Kier molecular flexibility index (Phi) is 52.9. The van der Waals surface area contributed by atoms with Gasteiger partial charge in [-0.25, -0.2) is 0 Å². The van der Waals surface area contributed by atoms with Gasteiger partial charge >= 0.3 is 0 Å². The molecule has 420 valence electrons. The van der Waals surface area contributed by atoms with Crippen LogP contribution in [0.15, 0.2) is 0 Å². The second-order valence-corrected chi connectivity index (χ2v) is 24.5. The molecule has 0 bridgehead atoms. The normalized spacial score (nSPS) is 13.8. The lowest BCUT2D eigenvalue weighted by molar-refractivity contribution is -0.870. The van der Waals surface area contributed by atoms with E-state index in [0.717, 1.165) is 38.5 Å². The molecule has 0 saturated carbocycles. The van der Waals surface area contributed by atoms with Crippen LogP contribution in [0.3, 0.4) is 0 Å². The number of likely N-dealkylation sites (N-methyl/N-ethyl adjacent to an activating group) is 1. The van der Waals surface area contributed by atoms with Gasteiger partial charge in [-0.1, -0.05) is 316 Å². The summed E-state index contributed by atoms with van der Waals surface area (Å²) in [7, 11) is 1.33. The summed E-state index contributed by atoms with van der Waals surface area (Å²) in [5, 5.41) is 14.1. The molecule has 3 atom stereocenters. The maximum absolute atomic E-state index is 13.0. The summed E-state index contributed by atoms with van der Waals surface area (Å²) in [4.78, 5) is 25.6. The van der Waals surface area contributed by atoms with E-state index in [1.54, 1.807) is 0 Å². The predicted molar refractivity (Wildman–Crippen MR) is 303 cm³/mol. The number of carbonyl (C=O) groups is 1. The van der Waals surface area contributed by atoms with E-state index < -0.39 is 20.0 Å². The Morgan fingerprint density at radius 3 is 0.971 bits per heavy atom. The molecule has 8 nitrogen and oxygen atoms in total. The number of aliphatic hydroxyl groups excluding tert-OH is 1. The number of rotatable bonds is 59. The average molecular weight is 1010 g/mol. The predicted octanol–water partition coefficient (Wildman–Crippen LogP) is 18.6. The third-order valence-electron chi connectivity index (χ3n) is 14.8. The van der Waals surface area contributed by atoms with E-state index in [1.165, 1.54) is 270 Å². The zero-order chi connectivity index (χ0) is 51.3. The van der Waals surface area contributed by atoms with Crippen LogP contribution in [0.4, 0.5) is 0 Å². The molecule has 0 aromatic heterocycles. The molecule has 0 aliphatic heterocycles. The van der Waals surface area contributed by atoms with E-state index in [1.807, 2.05) is 21.1 Å². The molecule has 9 heteroatoms. The Morgan fingerprint density at radius 2 is 0.700 bits per heavy atom. The maximum atomic E-state index is 13.0. The number of phosphoric ester groups is 1. The fraction of sp³-hybridized carbons (Fsp3) is 0.984. The molecule has 2 N–H and O–H groups in total. The molecule has 1 amide bonds. The van der Waals surface area contributed by atoms with Gasteiger partial charge in [-0.3, -0.25) is 9.36 Å². The minimum Gasteiger partial charge on any atom is -0.756 e. The first kappa shape index (κ1) is 69.5. The van der Waals surface area contributed by atoms with E-state index in [2.05, 4.69) is 19.2 Å². The first-order valence-electron chi connectivity index (χ1n) is 31.4. The van der Waals surface area contributed by atoms with Crippen LogP contribution in [-0.2, 0) is 18.4 Å². The molecule has 0 rings (SSSR count). The number of quaternary nitrogens is 1. The highest BCUT2D eigenvalue weighted by atomic mass is 31.2. The molecule has 0 saturated heterocycles. The molecule has 0 fully saturated rings. The van der Waals surface area contributed by atoms with Gasteiger partial charge < -0.3 is 28.8 Å². The van der Waals surface area contributed by atoms with Gasteiger partial charge in [0.1, 0.15) is 13.2 Å². The van der Waals surface area contributed by atoms with Crippen LogP contribution in [0.2, 0.25) is 0 Å². The first-order chi connectivity index (χ1) is 34.0. The highest BCUT2D eigenvalue weighted by Gasteiger charge is 2.24. The molecule has 0 heterocycles. The smallest absolute Gasteiger partial charge is 0.268 e.